The van der Waals surface area contributed by atoms with Gasteiger partial charge >= 0.3 is 12.1 Å². The third-order valence-corrected chi connectivity index (χ3v) is 6.34. The number of amides is 2. The van der Waals surface area contributed by atoms with E-state index in [2.05, 4.69) is 5.32 Å². The average Bonchev–Trinajstić information content (AvgIpc) is 3.63. The number of halogens is 1. The van der Waals surface area contributed by atoms with Crippen molar-refractivity contribution in [1.29, 1.82) is 0 Å². The molecule has 2 N–H and O–H groups in total. The van der Waals surface area contributed by atoms with Gasteiger partial charge in [-0.3, -0.25) is 14.9 Å². The average molecular weight is 474 g/mol. The first-order chi connectivity index (χ1) is 16.9. The molecule has 3 aromatic rings. The van der Waals surface area contributed by atoms with E-state index < -0.39 is 30.3 Å². The normalized spacial score (nSPS) is 14.1. The number of carboxylic acid groups (broad SMARTS) is 1. The van der Waals surface area contributed by atoms with Crippen LogP contribution in [0.5, 0.6) is 0 Å². The molecule has 1 saturated carbocycles. The number of anilines is 1. The second-order valence-electron chi connectivity index (χ2n) is 8.70. The number of hydrogen-bond acceptors (Lipinski definition) is 4. The lowest BCUT2D eigenvalue weighted by atomic mass is 9.98. The molecule has 2 aliphatic rings. The van der Waals surface area contributed by atoms with Crippen molar-refractivity contribution in [2.24, 2.45) is 0 Å². The summed E-state index contributed by atoms with van der Waals surface area (Å²) >= 11 is 0. The SMILES string of the molecule is O=C(O)CN(C(=O)c1ccc(NC(=O)OCC2c3ccccc3-c3ccccc32)cc1F)C1CC1. The Hall–Kier alpha value is -4.20. The van der Waals surface area contributed by atoms with Crippen molar-refractivity contribution >= 4 is 23.7 Å². The zero-order chi connectivity index (χ0) is 24.5. The number of hydrogen-bond donors (Lipinski definition) is 2. The Labute approximate surface area is 201 Å². The number of nitrogens with zero attached hydrogens (tertiary/aromatic N) is 1. The van der Waals surface area contributed by atoms with Gasteiger partial charge in [-0.25, -0.2) is 9.18 Å². The predicted molar refractivity (Wildman–Crippen MR) is 127 cm³/mol. The molecule has 2 aliphatic carbocycles. The van der Waals surface area contributed by atoms with Crippen LogP contribution in [0.3, 0.4) is 0 Å². The van der Waals surface area contributed by atoms with Crippen LogP contribution >= 0.6 is 0 Å². The van der Waals surface area contributed by atoms with Crippen molar-refractivity contribution < 1.29 is 28.6 Å². The molecule has 0 atom stereocenters. The molecular weight excluding hydrogens is 451 g/mol. The Morgan fingerprint density at radius 3 is 2.17 bits per heavy atom. The third kappa shape index (κ3) is 4.59. The van der Waals surface area contributed by atoms with Gasteiger partial charge in [-0.05, 0) is 53.3 Å². The van der Waals surface area contributed by atoms with Crippen LogP contribution in [0.2, 0.25) is 0 Å². The molecule has 0 unspecified atom stereocenters. The molecule has 1 fully saturated rings. The molecule has 3 aromatic carbocycles. The van der Waals surface area contributed by atoms with Crippen LogP contribution in [-0.2, 0) is 9.53 Å². The summed E-state index contributed by atoms with van der Waals surface area (Å²) in [4.78, 5) is 37.4. The third-order valence-electron chi connectivity index (χ3n) is 6.34. The van der Waals surface area contributed by atoms with E-state index in [9.17, 15) is 18.8 Å². The van der Waals surface area contributed by atoms with Gasteiger partial charge in [0.1, 0.15) is 19.0 Å². The van der Waals surface area contributed by atoms with Gasteiger partial charge in [-0.1, -0.05) is 48.5 Å². The van der Waals surface area contributed by atoms with E-state index in [1.807, 2.05) is 48.5 Å². The fourth-order valence-corrected chi connectivity index (χ4v) is 4.57. The highest BCUT2D eigenvalue weighted by molar-refractivity contribution is 5.97. The second kappa shape index (κ2) is 9.21. The van der Waals surface area contributed by atoms with E-state index in [0.29, 0.717) is 12.8 Å². The van der Waals surface area contributed by atoms with E-state index >= 15 is 0 Å². The fourth-order valence-electron chi connectivity index (χ4n) is 4.57. The van der Waals surface area contributed by atoms with Crippen molar-refractivity contribution in [3.8, 4) is 11.1 Å². The van der Waals surface area contributed by atoms with Gasteiger partial charge < -0.3 is 14.7 Å². The first-order valence-electron chi connectivity index (χ1n) is 11.4. The lowest BCUT2D eigenvalue weighted by Gasteiger charge is -2.20. The molecule has 5 rings (SSSR count). The summed E-state index contributed by atoms with van der Waals surface area (Å²) in [6.45, 7) is -0.368. The maximum Gasteiger partial charge on any atom is 0.411 e. The van der Waals surface area contributed by atoms with Crippen LogP contribution < -0.4 is 5.32 Å². The van der Waals surface area contributed by atoms with Crippen LogP contribution in [0.1, 0.15) is 40.2 Å². The van der Waals surface area contributed by atoms with Crippen molar-refractivity contribution in [2.75, 3.05) is 18.5 Å². The summed E-state index contributed by atoms with van der Waals surface area (Å²) in [5.74, 6) is -2.78. The molecule has 8 heteroatoms. The van der Waals surface area contributed by atoms with Crippen molar-refractivity contribution in [2.45, 2.75) is 24.8 Å². The minimum atomic E-state index is -1.15. The quantitative estimate of drug-likeness (QED) is 0.509. The topological polar surface area (TPSA) is 95.9 Å². The van der Waals surface area contributed by atoms with Crippen LogP contribution in [0.4, 0.5) is 14.9 Å². The molecule has 0 aromatic heterocycles. The molecule has 178 valence electrons. The molecule has 2 amide bonds. The highest BCUT2D eigenvalue weighted by Crippen LogP contribution is 2.44. The van der Waals surface area contributed by atoms with Crippen molar-refractivity contribution in [1.82, 2.24) is 4.90 Å². The fraction of sp³-hybridized carbons (Fsp3) is 0.222. The van der Waals surface area contributed by atoms with E-state index in [1.165, 1.54) is 17.0 Å². The van der Waals surface area contributed by atoms with Gasteiger partial charge in [0.05, 0.1) is 5.56 Å². The first kappa shape index (κ1) is 22.6. The summed E-state index contributed by atoms with van der Waals surface area (Å²) in [5.41, 5.74) is 4.28. The molecule has 35 heavy (non-hydrogen) atoms. The summed E-state index contributed by atoms with van der Waals surface area (Å²) in [6, 6.07) is 19.4. The van der Waals surface area contributed by atoms with Crippen LogP contribution in [0.15, 0.2) is 66.7 Å². The summed E-state index contributed by atoms with van der Waals surface area (Å²) < 4.78 is 20.2. The minimum Gasteiger partial charge on any atom is -0.480 e. The minimum absolute atomic E-state index is 0.104. The lowest BCUT2D eigenvalue weighted by Crippen LogP contribution is -2.37. The highest BCUT2D eigenvalue weighted by Gasteiger charge is 2.35. The second-order valence-corrected chi connectivity index (χ2v) is 8.70. The lowest BCUT2D eigenvalue weighted by molar-refractivity contribution is -0.137. The maximum atomic E-state index is 14.7. The monoisotopic (exact) mass is 474 g/mol. The number of carboxylic acids is 1. The molecule has 0 radical (unpaired) electrons. The predicted octanol–water partition coefficient (Wildman–Crippen LogP) is 4.88. The Morgan fingerprint density at radius 1 is 0.971 bits per heavy atom. The number of aliphatic carboxylic acids is 1. The maximum absolute atomic E-state index is 14.7. The van der Waals surface area contributed by atoms with E-state index in [0.717, 1.165) is 28.3 Å². The van der Waals surface area contributed by atoms with E-state index in [-0.39, 0.29) is 29.8 Å². The van der Waals surface area contributed by atoms with Gasteiger partial charge in [0.25, 0.3) is 5.91 Å². The van der Waals surface area contributed by atoms with Crippen molar-refractivity contribution in [3.63, 3.8) is 0 Å². The molecule has 0 bridgehead atoms. The highest BCUT2D eigenvalue weighted by atomic mass is 19.1. The van der Waals surface area contributed by atoms with Gasteiger partial charge in [0, 0.05) is 17.6 Å². The number of rotatable bonds is 7. The van der Waals surface area contributed by atoms with Crippen molar-refractivity contribution in [3.05, 3.63) is 89.2 Å². The Kier molecular flexibility index (Phi) is 5.94. The molecule has 0 saturated heterocycles. The van der Waals surface area contributed by atoms with Crippen LogP contribution in [0.25, 0.3) is 11.1 Å². The van der Waals surface area contributed by atoms with Crippen LogP contribution in [-0.4, -0.2) is 47.2 Å². The molecule has 0 heterocycles. The van der Waals surface area contributed by atoms with E-state index in [1.54, 1.807) is 0 Å². The Morgan fingerprint density at radius 2 is 1.60 bits per heavy atom. The number of benzene rings is 3. The Bertz CT molecular complexity index is 1270. The zero-order valence-electron chi connectivity index (χ0n) is 18.7. The zero-order valence-corrected chi connectivity index (χ0v) is 18.7. The molecule has 0 aliphatic heterocycles. The smallest absolute Gasteiger partial charge is 0.411 e. The first-order valence-corrected chi connectivity index (χ1v) is 11.4. The van der Waals surface area contributed by atoms with Gasteiger partial charge in [-0.2, -0.15) is 0 Å². The van der Waals surface area contributed by atoms with E-state index in [4.69, 9.17) is 9.84 Å². The standard InChI is InChI=1S/C27H23FN2O5/c28-24-13-16(9-12-22(24)26(33)30(14-25(31)32)17-10-11-17)29-27(34)35-15-23-20-7-3-1-5-18(20)19-6-2-4-8-21(19)23/h1-9,12-13,17,23H,10-11,14-15H2,(H,29,34)(H,31,32). The summed E-state index contributed by atoms with van der Waals surface area (Å²) in [6.07, 6.45) is 0.653. The number of nitrogens with one attached hydrogen (secondary N) is 1. The van der Waals surface area contributed by atoms with Crippen LogP contribution in [0, 0.1) is 5.82 Å². The largest absolute Gasteiger partial charge is 0.480 e. The van der Waals surface area contributed by atoms with Gasteiger partial charge in [0.2, 0.25) is 0 Å². The number of carbonyl (C=O) groups excluding carboxylic acids is 2. The Balaban J connectivity index is 1.24. The van der Waals surface area contributed by atoms with Gasteiger partial charge in [0.15, 0.2) is 0 Å². The number of carbonyl (C=O) groups is 3. The molecule has 7 nitrogen and oxygen atoms in total. The summed E-state index contributed by atoms with van der Waals surface area (Å²) in [5, 5.41) is 11.6. The van der Waals surface area contributed by atoms with Gasteiger partial charge in [-0.15, -0.1) is 0 Å². The summed E-state index contributed by atoms with van der Waals surface area (Å²) in [7, 11) is 0. The number of fused-ring (bicyclic) bond motifs is 3. The number of ether oxygens (including phenoxy) is 1. The molecular formula is C27H23FN2O5. The molecule has 0 spiro atoms.